The molecule has 24 heavy (non-hydrogen) atoms. The molecule has 1 amide bonds. The number of carbonyl (C=O) groups excluding carboxylic acids is 2. The fraction of sp³-hybridized carbons (Fsp3) is 0.333. The second-order valence-corrected chi connectivity index (χ2v) is 6.43. The maximum Gasteiger partial charge on any atom is 0.309 e. The van der Waals surface area contributed by atoms with Crippen molar-refractivity contribution in [1.29, 1.82) is 0 Å². The highest BCUT2D eigenvalue weighted by Gasteiger charge is 2.13. The van der Waals surface area contributed by atoms with Crippen LogP contribution in [0.2, 0.25) is 0 Å². The molecule has 0 radical (unpaired) electrons. The molecule has 6 heteroatoms. The van der Waals surface area contributed by atoms with Gasteiger partial charge >= 0.3 is 5.97 Å². The molecule has 0 atom stereocenters. The summed E-state index contributed by atoms with van der Waals surface area (Å²) in [6, 6.07) is 11.5. The normalized spacial score (nSPS) is 10.2. The Bertz CT molecular complexity index is 652. The zero-order valence-electron chi connectivity index (χ0n) is 13.9. The summed E-state index contributed by atoms with van der Waals surface area (Å²) in [6.45, 7) is 2.49. The van der Waals surface area contributed by atoms with Crippen molar-refractivity contribution in [3.8, 4) is 5.75 Å². The number of carbonyl (C=O) groups is 2. The molecule has 0 N–H and O–H groups in total. The van der Waals surface area contributed by atoms with E-state index in [4.69, 9.17) is 9.47 Å². The number of amides is 1. The number of nitrogens with zero attached hydrogens (tertiary/aromatic N) is 1. The van der Waals surface area contributed by atoms with Gasteiger partial charge in [-0.05, 0) is 30.5 Å². The first kappa shape index (κ1) is 18.0. The Morgan fingerprint density at radius 2 is 1.92 bits per heavy atom. The van der Waals surface area contributed by atoms with Crippen molar-refractivity contribution >= 4 is 23.2 Å². The van der Waals surface area contributed by atoms with E-state index in [9.17, 15) is 9.59 Å². The van der Waals surface area contributed by atoms with Crippen molar-refractivity contribution in [1.82, 2.24) is 4.90 Å². The number of thiophene rings is 1. The molecule has 1 aromatic carbocycles. The Morgan fingerprint density at radius 3 is 2.58 bits per heavy atom. The largest absolute Gasteiger partial charge is 0.493 e. The molecule has 0 aliphatic heterocycles. The lowest BCUT2D eigenvalue weighted by Gasteiger charge is -2.16. The third-order valence-corrected chi connectivity index (χ3v) is 4.21. The maximum absolute atomic E-state index is 11.9. The Kier molecular flexibility index (Phi) is 6.81. The van der Waals surface area contributed by atoms with Crippen molar-refractivity contribution in [2.24, 2.45) is 0 Å². The van der Waals surface area contributed by atoms with Crippen LogP contribution in [0.5, 0.6) is 5.75 Å². The van der Waals surface area contributed by atoms with Crippen LogP contribution in [-0.2, 0) is 20.9 Å². The van der Waals surface area contributed by atoms with Crippen LogP contribution in [0, 0.1) is 6.92 Å². The standard InChI is InChI=1S/C18H21NO4S/c1-14-5-7-15(8-6-14)22-10-9-18(21)23-13-17(20)19(2)12-16-4-3-11-24-16/h3-8,11H,9-10,12-13H2,1-2H3. The smallest absolute Gasteiger partial charge is 0.309 e. The Labute approximate surface area is 145 Å². The Balaban J connectivity index is 1.63. The minimum absolute atomic E-state index is 0.107. The molecule has 5 nitrogen and oxygen atoms in total. The van der Waals surface area contributed by atoms with E-state index in [0.717, 1.165) is 10.4 Å². The lowest BCUT2D eigenvalue weighted by molar-refractivity contribution is -0.152. The average molecular weight is 347 g/mol. The summed E-state index contributed by atoms with van der Waals surface area (Å²) in [4.78, 5) is 26.2. The Morgan fingerprint density at radius 1 is 1.17 bits per heavy atom. The molecule has 2 rings (SSSR count). The highest BCUT2D eigenvalue weighted by molar-refractivity contribution is 7.09. The molecule has 0 bridgehead atoms. The third-order valence-electron chi connectivity index (χ3n) is 3.35. The molecule has 1 aromatic heterocycles. The molecule has 128 valence electrons. The number of aryl methyl sites for hydroxylation is 1. The molecule has 0 unspecified atom stereocenters. The molecular formula is C18H21NO4S. The number of esters is 1. The zero-order valence-corrected chi connectivity index (χ0v) is 14.7. The number of rotatable bonds is 8. The molecule has 2 aromatic rings. The van der Waals surface area contributed by atoms with Crippen LogP contribution < -0.4 is 4.74 Å². The van der Waals surface area contributed by atoms with E-state index in [1.807, 2.05) is 48.7 Å². The molecule has 1 heterocycles. The maximum atomic E-state index is 11.9. The summed E-state index contributed by atoms with van der Waals surface area (Å²) in [5.41, 5.74) is 1.15. The summed E-state index contributed by atoms with van der Waals surface area (Å²) >= 11 is 1.58. The molecule has 0 aliphatic rings. The van der Waals surface area contributed by atoms with Crippen molar-refractivity contribution < 1.29 is 19.1 Å². The number of likely N-dealkylation sites (N-methyl/N-ethyl adjacent to an activating group) is 1. The summed E-state index contributed by atoms with van der Waals surface area (Å²) in [5, 5.41) is 1.96. The summed E-state index contributed by atoms with van der Waals surface area (Å²) in [7, 11) is 1.69. The molecule has 0 saturated carbocycles. The lowest BCUT2D eigenvalue weighted by Crippen LogP contribution is -2.30. The fourth-order valence-corrected chi connectivity index (χ4v) is 2.69. The van der Waals surface area contributed by atoms with Gasteiger partial charge in [-0.2, -0.15) is 0 Å². The van der Waals surface area contributed by atoms with Gasteiger partial charge in [-0.15, -0.1) is 11.3 Å². The SMILES string of the molecule is Cc1ccc(OCCC(=O)OCC(=O)N(C)Cc2cccs2)cc1. The Hall–Kier alpha value is -2.34. The van der Waals surface area contributed by atoms with E-state index in [2.05, 4.69) is 0 Å². The van der Waals surface area contributed by atoms with Gasteiger partial charge < -0.3 is 14.4 Å². The van der Waals surface area contributed by atoms with E-state index in [0.29, 0.717) is 12.3 Å². The van der Waals surface area contributed by atoms with E-state index in [1.54, 1.807) is 23.3 Å². The van der Waals surface area contributed by atoms with Crippen molar-refractivity contribution in [2.75, 3.05) is 20.3 Å². The van der Waals surface area contributed by atoms with Gasteiger partial charge in [0, 0.05) is 11.9 Å². The third kappa shape index (κ3) is 6.04. The van der Waals surface area contributed by atoms with Gasteiger partial charge in [-0.25, -0.2) is 0 Å². The van der Waals surface area contributed by atoms with Crippen LogP contribution in [0.3, 0.4) is 0 Å². The average Bonchev–Trinajstić information content (AvgIpc) is 3.07. The van der Waals surface area contributed by atoms with Gasteiger partial charge in [0.15, 0.2) is 6.61 Å². The minimum Gasteiger partial charge on any atom is -0.493 e. The summed E-state index contributed by atoms with van der Waals surface area (Å²) in [5.74, 6) is 0.0383. The highest BCUT2D eigenvalue weighted by atomic mass is 32.1. The summed E-state index contributed by atoms with van der Waals surface area (Å²) in [6.07, 6.45) is 0.107. The van der Waals surface area contributed by atoms with Gasteiger partial charge in [-0.1, -0.05) is 23.8 Å². The summed E-state index contributed by atoms with van der Waals surface area (Å²) < 4.78 is 10.5. The van der Waals surface area contributed by atoms with E-state index in [-0.39, 0.29) is 25.5 Å². The van der Waals surface area contributed by atoms with Crippen LogP contribution in [0.15, 0.2) is 41.8 Å². The fourth-order valence-electron chi connectivity index (χ4n) is 1.94. The topological polar surface area (TPSA) is 55.8 Å². The number of ether oxygens (including phenoxy) is 2. The second kappa shape index (κ2) is 9.08. The van der Waals surface area contributed by atoms with Gasteiger partial charge in [0.25, 0.3) is 5.91 Å². The van der Waals surface area contributed by atoms with E-state index in [1.165, 1.54) is 0 Å². The molecular weight excluding hydrogens is 326 g/mol. The molecule has 0 fully saturated rings. The second-order valence-electron chi connectivity index (χ2n) is 5.40. The van der Waals surface area contributed by atoms with Gasteiger partial charge in [0.1, 0.15) is 5.75 Å². The first-order chi connectivity index (χ1) is 11.5. The van der Waals surface area contributed by atoms with E-state index < -0.39 is 5.97 Å². The van der Waals surface area contributed by atoms with Crippen molar-refractivity contribution in [3.63, 3.8) is 0 Å². The van der Waals surface area contributed by atoms with Gasteiger partial charge in [0.05, 0.1) is 19.6 Å². The minimum atomic E-state index is -0.444. The predicted molar refractivity (Wildman–Crippen MR) is 93.0 cm³/mol. The monoisotopic (exact) mass is 347 g/mol. The molecule has 0 aliphatic carbocycles. The quantitative estimate of drug-likeness (QED) is 0.689. The van der Waals surface area contributed by atoms with Gasteiger partial charge in [-0.3, -0.25) is 9.59 Å². The number of hydrogen-bond acceptors (Lipinski definition) is 5. The first-order valence-corrected chi connectivity index (χ1v) is 8.54. The predicted octanol–water partition coefficient (Wildman–Crippen LogP) is 3.03. The molecule has 0 spiro atoms. The zero-order chi connectivity index (χ0) is 17.4. The van der Waals surface area contributed by atoms with Crippen LogP contribution in [-0.4, -0.2) is 37.0 Å². The first-order valence-electron chi connectivity index (χ1n) is 7.66. The van der Waals surface area contributed by atoms with Crippen LogP contribution in [0.1, 0.15) is 16.9 Å². The van der Waals surface area contributed by atoms with E-state index >= 15 is 0 Å². The van der Waals surface area contributed by atoms with Crippen LogP contribution in [0.4, 0.5) is 0 Å². The van der Waals surface area contributed by atoms with Crippen LogP contribution in [0.25, 0.3) is 0 Å². The molecule has 0 saturated heterocycles. The highest BCUT2D eigenvalue weighted by Crippen LogP contribution is 2.12. The van der Waals surface area contributed by atoms with Crippen molar-refractivity contribution in [2.45, 2.75) is 19.9 Å². The number of benzene rings is 1. The number of hydrogen-bond donors (Lipinski definition) is 0. The lowest BCUT2D eigenvalue weighted by atomic mass is 10.2. The van der Waals surface area contributed by atoms with Gasteiger partial charge in [0.2, 0.25) is 0 Å². The van der Waals surface area contributed by atoms with Crippen molar-refractivity contribution in [3.05, 3.63) is 52.2 Å². The van der Waals surface area contributed by atoms with Crippen LogP contribution >= 0.6 is 11.3 Å².